The van der Waals surface area contributed by atoms with Crippen LogP contribution in [0.2, 0.25) is 0 Å². The lowest BCUT2D eigenvalue weighted by molar-refractivity contribution is -0.0232. The molecule has 0 radical (unpaired) electrons. The van der Waals surface area contributed by atoms with Gasteiger partial charge in [-0.15, -0.1) is 17.0 Å². The molecule has 0 spiro atoms. The highest BCUT2D eigenvalue weighted by molar-refractivity contribution is 8.93. The summed E-state index contributed by atoms with van der Waals surface area (Å²) in [4.78, 5) is 0. The van der Waals surface area contributed by atoms with Crippen molar-refractivity contribution in [1.29, 1.82) is 0 Å². The third kappa shape index (κ3) is 2.22. The van der Waals surface area contributed by atoms with Crippen molar-refractivity contribution >= 4 is 34.3 Å². The first-order valence-electron chi connectivity index (χ1n) is 5.98. The minimum Gasteiger partial charge on any atom is -0.375 e. The maximum atomic E-state index is 5.48. The SMILES string of the molecule is Br.NC(=S)NNC12CC3CC(CC(C3)C1)C2. The number of hydrogen-bond donors (Lipinski definition) is 3. The van der Waals surface area contributed by atoms with E-state index in [1.54, 1.807) is 0 Å². The molecule has 4 aliphatic rings. The molecule has 4 rings (SSSR count). The molecular formula is C11H20BrN3S. The van der Waals surface area contributed by atoms with Crippen LogP contribution in [0.5, 0.6) is 0 Å². The zero-order chi connectivity index (χ0) is 10.5. The summed E-state index contributed by atoms with van der Waals surface area (Å²) in [6.45, 7) is 0. The zero-order valence-electron chi connectivity index (χ0n) is 9.37. The normalized spacial score (nSPS) is 43.9. The van der Waals surface area contributed by atoms with E-state index in [9.17, 15) is 0 Å². The van der Waals surface area contributed by atoms with Gasteiger partial charge >= 0.3 is 0 Å². The van der Waals surface area contributed by atoms with Crippen molar-refractivity contribution in [2.45, 2.75) is 44.1 Å². The van der Waals surface area contributed by atoms with E-state index in [2.05, 4.69) is 10.9 Å². The minimum atomic E-state index is 0. The van der Waals surface area contributed by atoms with E-state index in [0.29, 0.717) is 10.7 Å². The summed E-state index contributed by atoms with van der Waals surface area (Å²) in [5, 5.41) is 0.366. The summed E-state index contributed by atoms with van der Waals surface area (Å²) in [6, 6.07) is 0. The molecule has 4 bridgehead atoms. The van der Waals surface area contributed by atoms with E-state index in [0.717, 1.165) is 17.8 Å². The van der Waals surface area contributed by atoms with Crippen LogP contribution in [0, 0.1) is 17.8 Å². The Morgan fingerprint density at radius 3 is 1.88 bits per heavy atom. The van der Waals surface area contributed by atoms with Crippen LogP contribution in [0.25, 0.3) is 0 Å². The Balaban J connectivity index is 0.000000963. The van der Waals surface area contributed by atoms with Gasteiger partial charge in [-0.1, -0.05) is 0 Å². The molecule has 92 valence electrons. The van der Waals surface area contributed by atoms with Gasteiger partial charge in [0.2, 0.25) is 0 Å². The predicted molar refractivity (Wildman–Crippen MR) is 74.3 cm³/mol. The van der Waals surface area contributed by atoms with Gasteiger partial charge in [0.1, 0.15) is 0 Å². The quantitative estimate of drug-likeness (QED) is 0.538. The monoisotopic (exact) mass is 305 g/mol. The number of nitrogens with two attached hydrogens (primary N) is 1. The Morgan fingerprint density at radius 1 is 1.06 bits per heavy atom. The third-order valence-corrected chi connectivity index (χ3v) is 4.59. The molecule has 0 saturated heterocycles. The summed E-state index contributed by atoms with van der Waals surface area (Å²) in [5.74, 6) is 2.87. The van der Waals surface area contributed by atoms with E-state index in [1.165, 1.54) is 38.5 Å². The van der Waals surface area contributed by atoms with Crippen LogP contribution >= 0.6 is 29.2 Å². The third-order valence-electron chi connectivity index (χ3n) is 4.49. The Hall–Kier alpha value is 0.130. The van der Waals surface area contributed by atoms with Gasteiger partial charge in [-0.25, -0.2) is 5.43 Å². The van der Waals surface area contributed by atoms with Crippen molar-refractivity contribution < 1.29 is 0 Å². The summed E-state index contributed by atoms with van der Waals surface area (Å²) >= 11 is 4.85. The van der Waals surface area contributed by atoms with Gasteiger partial charge in [-0.3, -0.25) is 5.43 Å². The smallest absolute Gasteiger partial charge is 0.178 e. The van der Waals surface area contributed by atoms with Crippen molar-refractivity contribution in [1.82, 2.24) is 10.9 Å². The molecule has 4 fully saturated rings. The Morgan fingerprint density at radius 2 is 1.50 bits per heavy atom. The number of nitrogens with one attached hydrogen (secondary N) is 2. The van der Waals surface area contributed by atoms with Crippen LogP contribution in [0.1, 0.15) is 38.5 Å². The van der Waals surface area contributed by atoms with Crippen molar-refractivity contribution in [3.63, 3.8) is 0 Å². The van der Waals surface area contributed by atoms with Gasteiger partial charge in [0.05, 0.1) is 0 Å². The predicted octanol–water partition coefficient (Wildman–Crippen LogP) is 1.87. The first kappa shape index (κ1) is 12.6. The van der Waals surface area contributed by atoms with Crippen LogP contribution in [0.3, 0.4) is 0 Å². The van der Waals surface area contributed by atoms with Gasteiger partial charge in [-0.05, 0) is 68.5 Å². The van der Waals surface area contributed by atoms with Crippen LogP contribution in [-0.4, -0.2) is 10.7 Å². The molecule has 0 aromatic carbocycles. The number of thiocarbonyl (C=S) groups is 1. The highest BCUT2D eigenvalue weighted by Gasteiger charge is 2.50. The largest absolute Gasteiger partial charge is 0.375 e. The van der Waals surface area contributed by atoms with Gasteiger partial charge in [0.25, 0.3) is 0 Å². The average molecular weight is 306 g/mol. The van der Waals surface area contributed by atoms with Crippen LogP contribution in [0.15, 0.2) is 0 Å². The second-order valence-electron chi connectivity index (χ2n) is 5.81. The fraction of sp³-hybridized carbons (Fsp3) is 0.909. The second-order valence-corrected chi connectivity index (χ2v) is 6.25. The summed E-state index contributed by atoms with van der Waals surface area (Å²) in [5.41, 5.74) is 12.2. The molecule has 0 amide bonds. The van der Waals surface area contributed by atoms with Crippen LogP contribution < -0.4 is 16.6 Å². The van der Waals surface area contributed by atoms with E-state index in [4.69, 9.17) is 18.0 Å². The van der Waals surface area contributed by atoms with Gasteiger partial charge in [0.15, 0.2) is 5.11 Å². The molecule has 4 saturated carbocycles. The Kier molecular flexibility index (Phi) is 3.48. The standard InChI is InChI=1S/C11H19N3S.BrH/c12-10(15)13-14-11-4-7-1-8(5-11)3-9(2-7)6-11;/h7-9,14H,1-6H2,(H3,12,13,15);1H. The Bertz CT molecular complexity index is 260. The maximum Gasteiger partial charge on any atom is 0.178 e. The van der Waals surface area contributed by atoms with Gasteiger partial charge in [-0.2, -0.15) is 0 Å². The van der Waals surface area contributed by atoms with Crippen molar-refractivity contribution in [2.24, 2.45) is 23.5 Å². The molecule has 0 aromatic rings. The summed E-state index contributed by atoms with van der Waals surface area (Å²) in [6.07, 6.45) is 8.34. The topological polar surface area (TPSA) is 50.1 Å². The number of hydrogen-bond acceptors (Lipinski definition) is 2. The van der Waals surface area contributed by atoms with E-state index >= 15 is 0 Å². The Labute approximate surface area is 113 Å². The molecule has 5 heteroatoms. The molecule has 0 aliphatic heterocycles. The lowest BCUT2D eigenvalue weighted by Gasteiger charge is -2.56. The van der Waals surface area contributed by atoms with E-state index in [-0.39, 0.29) is 17.0 Å². The molecule has 4 aliphatic carbocycles. The van der Waals surface area contributed by atoms with E-state index < -0.39 is 0 Å². The molecule has 0 aromatic heterocycles. The molecule has 4 N–H and O–H groups in total. The van der Waals surface area contributed by atoms with Crippen molar-refractivity contribution in [3.8, 4) is 0 Å². The molecule has 0 unspecified atom stereocenters. The van der Waals surface area contributed by atoms with Crippen LogP contribution in [-0.2, 0) is 0 Å². The first-order valence-corrected chi connectivity index (χ1v) is 6.39. The summed E-state index contributed by atoms with van der Waals surface area (Å²) in [7, 11) is 0. The lowest BCUT2D eigenvalue weighted by Crippen LogP contribution is -2.63. The van der Waals surface area contributed by atoms with Crippen LogP contribution in [0.4, 0.5) is 0 Å². The van der Waals surface area contributed by atoms with Crippen molar-refractivity contribution in [2.75, 3.05) is 0 Å². The molecule has 0 atom stereocenters. The fourth-order valence-corrected chi connectivity index (χ4v) is 4.51. The van der Waals surface area contributed by atoms with Crippen molar-refractivity contribution in [3.05, 3.63) is 0 Å². The maximum absolute atomic E-state index is 5.48. The van der Waals surface area contributed by atoms with E-state index in [1.807, 2.05) is 0 Å². The summed E-state index contributed by atoms with van der Waals surface area (Å²) < 4.78 is 0. The second kappa shape index (κ2) is 4.42. The van der Waals surface area contributed by atoms with Gasteiger partial charge < -0.3 is 5.73 Å². The number of halogens is 1. The average Bonchev–Trinajstić information content (AvgIpc) is 2.12. The molecule has 0 heterocycles. The molecule has 16 heavy (non-hydrogen) atoms. The lowest BCUT2D eigenvalue weighted by atomic mass is 9.53. The highest BCUT2D eigenvalue weighted by Crippen LogP contribution is 2.55. The fourth-order valence-electron chi connectivity index (χ4n) is 4.46. The minimum absolute atomic E-state index is 0. The number of rotatable bonds is 2. The highest BCUT2D eigenvalue weighted by atomic mass is 79.9. The zero-order valence-corrected chi connectivity index (χ0v) is 11.9. The molecular weight excluding hydrogens is 286 g/mol. The number of hydrazine groups is 1. The first-order chi connectivity index (χ1) is 7.15. The molecule has 3 nitrogen and oxygen atoms in total. The van der Waals surface area contributed by atoms with Gasteiger partial charge in [0, 0.05) is 5.54 Å².